The van der Waals surface area contributed by atoms with Gasteiger partial charge in [0.05, 0.1) is 6.04 Å². The molecular formula is C27H32N2O3. The summed E-state index contributed by atoms with van der Waals surface area (Å²) in [6.07, 6.45) is 7.28. The van der Waals surface area contributed by atoms with Gasteiger partial charge in [-0.1, -0.05) is 48.7 Å². The summed E-state index contributed by atoms with van der Waals surface area (Å²) in [6.45, 7) is 2.85. The molecule has 168 valence electrons. The first-order valence-electron chi connectivity index (χ1n) is 12.0. The lowest BCUT2D eigenvalue weighted by molar-refractivity contribution is -0.137. The number of amides is 2. The standard InChI is InChI=1S/C27H32N2O3/c1-18-6-8-20(9-7-18)26-24-16-23(32-17-25(30)28-22-11-12-22)13-10-19(24)14-15-29(26)27(31)21-4-2-3-5-21/h6-10,13,16,21-22,26H,2-5,11-12,14-15,17H2,1H3,(H,28,30). The van der Waals surface area contributed by atoms with Gasteiger partial charge in [-0.3, -0.25) is 9.59 Å². The van der Waals surface area contributed by atoms with E-state index >= 15 is 0 Å². The fourth-order valence-electron chi connectivity index (χ4n) is 5.08. The van der Waals surface area contributed by atoms with Crippen molar-refractivity contribution >= 4 is 11.8 Å². The summed E-state index contributed by atoms with van der Waals surface area (Å²) in [5, 5.41) is 2.96. The van der Waals surface area contributed by atoms with Gasteiger partial charge < -0.3 is 15.0 Å². The highest BCUT2D eigenvalue weighted by molar-refractivity contribution is 5.81. The Morgan fingerprint density at radius 2 is 1.78 bits per heavy atom. The summed E-state index contributed by atoms with van der Waals surface area (Å²) >= 11 is 0. The van der Waals surface area contributed by atoms with Gasteiger partial charge in [-0.25, -0.2) is 0 Å². The van der Waals surface area contributed by atoms with E-state index in [1.807, 2.05) is 12.1 Å². The van der Waals surface area contributed by atoms with E-state index in [1.54, 1.807) is 0 Å². The van der Waals surface area contributed by atoms with Crippen molar-refractivity contribution in [1.29, 1.82) is 0 Å². The number of benzene rings is 2. The summed E-state index contributed by atoms with van der Waals surface area (Å²) in [4.78, 5) is 27.7. The Morgan fingerprint density at radius 1 is 1.03 bits per heavy atom. The second kappa shape index (κ2) is 8.97. The first-order chi connectivity index (χ1) is 15.6. The molecule has 0 bridgehead atoms. The van der Waals surface area contributed by atoms with Crippen molar-refractivity contribution in [3.63, 3.8) is 0 Å². The molecule has 5 rings (SSSR count). The number of hydrogen-bond donors (Lipinski definition) is 1. The molecule has 0 spiro atoms. The number of ether oxygens (including phenoxy) is 1. The number of rotatable bonds is 6. The molecule has 2 aromatic carbocycles. The molecule has 5 nitrogen and oxygen atoms in total. The van der Waals surface area contributed by atoms with Crippen LogP contribution in [0.1, 0.15) is 66.8 Å². The summed E-state index contributed by atoms with van der Waals surface area (Å²) in [5.74, 6) is 1.05. The predicted molar refractivity (Wildman–Crippen MR) is 123 cm³/mol. The maximum Gasteiger partial charge on any atom is 0.258 e. The van der Waals surface area contributed by atoms with Crippen molar-refractivity contribution in [1.82, 2.24) is 10.2 Å². The van der Waals surface area contributed by atoms with Crippen LogP contribution in [0.15, 0.2) is 42.5 Å². The van der Waals surface area contributed by atoms with Crippen molar-refractivity contribution in [2.45, 2.75) is 64.0 Å². The highest BCUT2D eigenvalue weighted by atomic mass is 16.5. The highest BCUT2D eigenvalue weighted by Crippen LogP contribution is 2.39. The van der Waals surface area contributed by atoms with E-state index in [4.69, 9.17) is 4.74 Å². The Hall–Kier alpha value is -2.82. The van der Waals surface area contributed by atoms with Crippen LogP contribution in [0, 0.1) is 12.8 Å². The molecule has 2 saturated carbocycles. The third kappa shape index (κ3) is 4.52. The maximum absolute atomic E-state index is 13.5. The van der Waals surface area contributed by atoms with Crippen molar-refractivity contribution in [3.8, 4) is 5.75 Å². The average Bonchev–Trinajstić information content (AvgIpc) is 3.44. The summed E-state index contributed by atoms with van der Waals surface area (Å²) in [7, 11) is 0. The van der Waals surface area contributed by atoms with Crippen molar-refractivity contribution in [2.24, 2.45) is 5.92 Å². The van der Waals surface area contributed by atoms with Gasteiger partial charge in [-0.05, 0) is 67.9 Å². The van der Waals surface area contributed by atoms with Gasteiger partial charge in [0.15, 0.2) is 6.61 Å². The van der Waals surface area contributed by atoms with Crippen molar-refractivity contribution < 1.29 is 14.3 Å². The van der Waals surface area contributed by atoms with Crippen LogP contribution in [0.25, 0.3) is 0 Å². The van der Waals surface area contributed by atoms with Crippen molar-refractivity contribution in [3.05, 3.63) is 64.7 Å². The minimum atomic E-state index is -0.115. The zero-order valence-electron chi connectivity index (χ0n) is 18.8. The summed E-state index contributed by atoms with van der Waals surface area (Å²) < 4.78 is 5.85. The number of nitrogens with zero attached hydrogens (tertiary/aromatic N) is 1. The van der Waals surface area contributed by atoms with E-state index in [0.29, 0.717) is 11.8 Å². The minimum Gasteiger partial charge on any atom is -0.484 e. The summed E-state index contributed by atoms with van der Waals surface area (Å²) in [5.41, 5.74) is 4.70. The number of nitrogens with one attached hydrogen (secondary N) is 1. The topological polar surface area (TPSA) is 58.6 Å². The van der Waals surface area contributed by atoms with Crippen LogP contribution < -0.4 is 10.1 Å². The van der Waals surface area contributed by atoms with Crippen LogP contribution in [0.2, 0.25) is 0 Å². The predicted octanol–water partition coefficient (Wildman–Crippen LogP) is 4.32. The van der Waals surface area contributed by atoms with Gasteiger partial charge in [0, 0.05) is 18.5 Å². The van der Waals surface area contributed by atoms with Crippen LogP contribution >= 0.6 is 0 Å². The molecule has 1 N–H and O–H groups in total. The molecule has 0 saturated heterocycles. The van der Waals surface area contributed by atoms with Crippen LogP contribution in [-0.2, 0) is 16.0 Å². The van der Waals surface area contributed by atoms with Crippen LogP contribution in [0.4, 0.5) is 0 Å². The van der Waals surface area contributed by atoms with E-state index in [9.17, 15) is 9.59 Å². The molecule has 2 aromatic rings. The van der Waals surface area contributed by atoms with E-state index in [2.05, 4.69) is 47.5 Å². The first-order valence-corrected chi connectivity index (χ1v) is 12.0. The first kappa shape index (κ1) is 21.0. The Bertz CT molecular complexity index is 990. The van der Waals surface area contributed by atoms with Gasteiger partial charge in [-0.2, -0.15) is 0 Å². The smallest absolute Gasteiger partial charge is 0.258 e. The van der Waals surface area contributed by atoms with Gasteiger partial charge in [0.25, 0.3) is 5.91 Å². The monoisotopic (exact) mass is 432 g/mol. The number of hydrogen-bond acceptors (Lipinski definition) is 3. The SMILES string of the molecule is Cc1ccc(C2c3cc(OCC(=O)NC4CC4)ccc3CCN2C(=O)C2CCCC2)cc1. The molecule has 5 heteroatoms. The van der Waals surface area contributed by atoms with Gasteiger partial charge >= 0.3 is 0 Å². The van der Waals surface area contributed by atoms with E-state index in [-0.39, 0.29) is 30.4 Å². The number of fused-ring (bicyclic) bond motifs is 1. The molecule has 2 amide bonds. The molecule has 0 radical (unpaired) electrons. The largest absolute Gasteiger partial charge is 0.484 e. The molecular weight excluding hydrogens is 400 g/mol. The van der Waals surface area contributed by atoms with Gasteiger partial charge in [-0.15, -0.1) is 0 Å². The second-order valence-corrected chi connectivity index (χ2v) is 9.57. The number of aryl methyl sites for hydroxylation is 1. The molecule has 1 unspecified atom stereocenters. The van der Waals surface area contributed by atoms with Crippen LogP contribution in [-0.4, -0.2) is 35.9 Å². The molecule has 2 aliphatic carbocycles. The average molecular weight is 433 g/mol. The zero-order valence-corrected chi connectivity index (χ0v) is 18.8. The Labute approximate surface area is 190 Å². The minimum absolute atomic E-state index is 0.0230. The van der Waals surface area contributed by atoms with E-state index in [0.717, 1.165) is 62.6 Å². The highest BCUT2D eigenvalue weighted by Gasteiger charge is 2.36. The Balaban J connectivity index is 1.43. The molecule has 1 heterocycles. The Kier molecular flexibility index (Phi) is 5.90. The van der Waals surface area contributed by atoms with Crippen LogP contribution in [0.3, 0.4) is 0 Å². The molecule has 0 aromatic heterocycles. The van der Waals surface area contributed by atoms with Crippen LogP contribution in [0.5, 0.6) is 5.75 Å². The third-order valence-electron chi connectivity index (χ3n) is 7.04. The molecule has 2 fully saturated rings. The zero-order chi connectivity index (χ0) is 22.1. The molecule has 1 atom stereocenters. The summed E-state index contributed by atoms with van der Waals surface area (Å²) in [6, 6.07) is 14.8. The normalized spacial score (nSPS) is 20.7. The van der Waals surface area contributed by atoms with E-state index in [1.165, 1.54) is 11.1 Å². The fourth-order valence-corrected chi connectivity index (χ4v) is 5.08. The lowest BCUT2D eigenvalue weighted by Gasteiger charge is -2.39. The lowest BCUT2D eigenvalue weighted by atomic mass is 9.86. The maximum atomic E-state index is 13.5. The van der Waals surface area contributed by atoms with E-state index < -0.39 is 0 Å². The van der Waals surface area contributed by atoms with Gasteiger partial charge in [0.2, 0.25) is 5.91 Å². The van der Waals surface area contributed by atoms with Crippen molar-refractivity contribution in [2.75, 3.05) is 13.2 Å². The lowest BCUT2D eigenvalue weighted by Crippen LogP contribution is -2.43. The third-order valence-corrected chi connectivity index (χ3v) is 7.04. The molecule has 1 aliphatic heterocycles. The fraction of sp³-hybridized carbons (Fsp3) is 0.481. The molecule has 3 aliphatic rings. The second-order valence-electron chi connectivity index (χ2n) is 9.57. The number of carbonyl (C=O) groups is 2. The molecule has 32 heavy (non-hydrogen) atoms. The quantitative estimate of drug-likeness (QED) is 0.740. The number of carbonyl (C=O) groups excluding carboxylic acids is 2. The van der Waals surface area contributed by atoms with Gasteiger partial charge in [0.1, 0.15) is 5.75 Å². The Morgan fingerprint density at radius 3 is 2.50 bits per heavy atom.